The Morgan fingerprint density at radius 2 is 1.62 bits per heavy atom. The van der Waals surface area contributed by atoms with Gasteiger partial charge in [-0.15, -0.1) is 0 Å². The maximum absolute atomic E-state index is 8.66. The van der Waals surface area contributed by atoms with Gasteiger partial charge in [-0.05, 0) is 51.2 Å². The van der Waals surface area contributed by atoms with Crippen LogP contribution in [0.1, 0.15) is 36.0 Å². The van der Waals surface area contributed by atoms with E-state index in [9.17, 15) is 0 Å². The molecule has 0 amide bonds. The molecule has 1 aromatic carbocycles. The summed E-state index contributed by atoms with van der Waals surface area (Å²) in [6.07, 6.45) is 2.91. The van der Waals surface area contributed by atoms with Crippen molar-refractivity contribution in [2.45, 2.75) is 40.0 Å². The molecule has 1 aromatic rings. The second-order valence-electron chi connectivity index (χ2n) is 4.36. The lowest BCUT2D eigenvalue weighted by Crippen LogP contribution is -2.01. The number of hydrogen-bond donors (Lipinski definition) is 1. The zero-order chi connectivity index (χ0) is 12.0. The molecule has 0 spiro atoms. The molecule has 1 rings (SSSR count). The van der Waals surface area contributed by atoms with Crippen LogP contribution >= 0.6 is 0 Å². The molecule has 16 heavy (non-hydrogen) atoms. The Kier molecular flexibility index (Phi) is 5.33. The molecule has 0 aliphatic heterocycles. The fourth-order valence-corrected chi connectivity index (χ4v) is 1.96. The minimum Gasteiger partial charge on any atom is -0.493 e. The molecule has 0 fully saturated rings. The van der Waals surface area contributed by atoms with E-state index in [0.717, 1.165) is 31.6 Å². The first kappa shape index (κ1) is 13.0. The summed E-state index contributed by atoms with van der Waals surface area (Å²) in [5, 5.41) is 8.66. The van der Waals surface area contributed by atoms with E-state index >= 15 is 0 Å². The predicted octanol–water partition coefficient (Wildman–Crippen LogP) is 3.15. The second kappa shape index (κ2) is 6.54. The largest absolute Gasteiger partial charge is 0.493 e. The van der Waals surface area contributed by atoms with Crippen LogP contribution < -0.4 is 4.74 Å². The van der Waals surface area contributed by atoms with Gasteiger partial charge in [-0.3, -0.25) is 0 Å². The Morgan fingerprint density at radius 1 is 1.00 bits per heavy atom. The summed E-state index contributed by atoms with van der Waals surface area (Å²) in [6, 6.07) is 4.30. The lowest BCUT2D eigenvalue weighted by Gasteiger charge is -2.12. The normalized spacial score (nSPS) is 10.5. The highest BCUT2D eigenvalue weighted by Gasteiger charge is 2.04. The SMILES string of the molecule is Cc1cc(C)c(OCCCCCO)c(C)c1. The number of rotatable bonds is 6. The van der Waals surface area contributed by atoms with Crippen molar-refractivity contribution >= 4 is 0 Å². The number of ether oxygens (including phenoxy) is 1. The van der Waals surface area contributed by atoms with E-state index < -0.39 is 0 Å². The molecule has 90 valence electrons. The molecule has 1 N–H and O–H groups in total. The third-order valence-electron chi connectivity index (χ3n) is 2.65. The summed E-state index contributed by atoms with van der Waals surface area (Å²) < 4.78 is 5.79. The van der Waals surface area contributed by atoms with Crippen molar-refractivity contribution in [1.82, 2.24) is 0 Å². The zero-order valence-corrected chi connectivity index (χ0v) is 10.5. The van der Waals surface area contributed by atoms with Crippen molar-refractivity contribution in [2.75, 3.05) is 13.2 Å². The highest BCUT2D eigenvalue weighted by molar-refractivity contribution is 5.42. The Morgan fingerprint density at radius 3 is 2.19 bits per heavy atom. The first-order chi connectivity index (χ1) is 7.65. The molecule has 0 unspecified atom stereocenters. The fourth-order valence-electron chi connectivity index (χ4n) is 1.96. The molecular formula is C14H22O2. The first-order valence-corrected chi connectivity index (χ1v) is 5.96. The summed E-state index contributed by atoms with van der Waals surface area (Å²) in [5.74, 6) is 1.02. The Balaban J connectivity index is 2.47. The topological polar surface area (TPSA) is 29.5 Å². The molecule has 2 nitrogen and oxygen atoms in total. The van der Waals surface area contributed by atoms with Gasteiger partial charge in [0.2, 0.25) is 0 Å². The summed E-state index contributed by atoms with van der Waals surface area (Å²) in [7, 11) is 0. The number of aliphatic hydroxyl groups excluding tert-OH is 1. The highest BCUT2D eigenvalue weighted by atomic mass is 16.5. The molecule has 0 saturated carbocycles. The van der Waals surface area contributed by atoms with Gasteiger partial charge in [0.05, 0.1) is 6.61 Å². The van der Waals surface area contributed by atoms with Gasteiger partial charge in [-0.25, -0.2) is 0 Å². The predicted molar refractivity (Wildman–Crippen MR) is 67.1 cm³/mol. The molecular weight excluding hydrogens is 200 g/mol. The van der Waals surface area contributed by atoms with Crippen LogP contribution in [-0.2, 0) is 0 Å². The summed E-state index contributed by atoms with van der Waals surface area (Å²) in [6.45, 7) is 7.30. The summed E-state index contributed by atoms with van der Waals surface area (Å²) in [5.41, 5.74) is 3.70. The smallest absolute Gasteiger partial charge is 0.125 e. The van der Waals surface area contributed by atoms with E-state index in [1.807, 2.05) is 0 Å². The minimum absolute atomic E-state index is 0.280. The van der Waals surface area contributed by atoms with E-state index in [1.165, 1.54) is 16.7 Å². The van der Waals surface area contributed by atoms with Crippen molar-refractivity contribution < 1.29 is 9.84 Å². The van der Waals surface area contributed by atoms with Crippen LogP contribution in [-0.4, -0.2) is 18.3 Å². The quantitative estimate of drug-likeness (QED) is 0.749. The number of hydrogen-bond acceptors (Lipinski definition) is 2. The zero-order valence-electron chi connectivity index (χ0n) is 10.5. The number of benzene rings is 1. The van der Waals surface area contributed by atoms with Crippen molar-refractivity contribution in [3.05, 3.63) is 28.8 Å². The molecule has 0 bridgehead atoms. The highest BCUT2D eigenvalue weighted by Crippen LogP contribution is 2.24. The van der Waals surface area contributed by atoms with E-state index in [2.05, 4.69) is 32.9 Å². The van der Waals surface area contributed by atoms with Crippen molar-refractivity contribution in [1.29, 1.82) is 0 Å². The third-order valence-corrected chi connectivity index (χ3v) is 2.65. The first-order valence-electron chi connectivity index (χ1n) is 5.96. The van der Waals surface area contributed by atoms with Crippen LogP contribution in [0.2, 0.25) is 0 Å². The third kappa shape index (κ3) is 3.86. The molecule has 0 atom stereocenters. The Bertz CT molecular complexity index is 309. The van der Waals surface area contributed by atoms with Gasteiger partial charge in [0.15, 0.2) is 0 Å². The lowest BCUT2D eigenvalue weighted by atomic mass is 10.1. The van der Waals surface area contributed by atoms with Crippen LogP contribution in [0, 0.1) is 20.8 Å². The Hall–Kier alpha value is -1.02. The van der Waals surface area contributed by atoms with E-state index in [4.69, 9.17) is 9.84 Å². The molecule has 2 heteroatoms. The van der Waals surface area contributed by atoms with Gasteiger partial charge < -0.3 is 9.84 Å². The van der Waals surface area contributed by atoms with E-state index in [0.29, 0.717) is 0 Å². The van der Waals surface area contributed by atoms with Gasteiger partial charge >= 0.3 is 0 Å². The van der Waals surface area contributed by atoms with E-state index in [-0.39, 0.29) is 6.61 Å². The number of aliphatic hydroxyl groups is 1. The molecule has 0 radical (unpaired) electrons. The average Bonchev–Trinajstić information content (AvgIpc) is 2.20. The molecule has 0 aliphatic rings. The molecule has 0 heterocycles. The van der Waals surface area contributed by atoms with Crippen LogP contribution in [0.4, 0.5) is 0 Å². The second-order valence-corrected chi connectivity index (χ2v) is 4.36. The van der Waals surface area contributed by atoms with Crippen LogP contribution in [0.3, 0.4) is 0 Å². The van der Waals surface area contributed by atoms with E-state index in [1.54, 1.807) is 0 Å². The minimum atomic E-state index is 0.280. The van der Waals surface area contributed by atoms with Gasteiger partial charge in [-0.1, -0.05) is 17.7 Å². The van der Waals surface area contributed by atoms with Crippen LogP contribution in [0.15, 0.2) is 12.1 Å². The van der Waals surface area contributed by atoms with Crippen LogP contribution in [0.25, 0.3) is 0 Å². The van der Waals surface area contributed by atoms with Crippen molar-refractivity contribution in [2.24, 2.45) is 0 Å². The molecule has 0 saturated heterocycles. The van der Waals surface area contributed by atoms with Crippen molar-refractivity contribution in [3.8, 4) is 5.75 Å². The Labute approximate surface area is 98.3 Å². The van der Waals surface area contributed by atoms with Gasteiger partial charge in [0.1, 0.15) is 5.75 Å². The van der Waals surface area contributed by atoms with Gasteiger partial charge in [0.25, 0.3) is 0 Å². The summed E-state index contributed by atoms with van der Waals surface area (Å²) in [4.78, 5) is 0. The number of unbranched alkanes of at least 4 members (excludes halogenated alkanes) is 2. The maximum atomic E-state index is 8.66. The average molecular weight is 222 g/mol. The monoisotopic (exact) mass is 222 g/mol. The molecule has 0 aromatic heterocycles. The van der Waals surface area contributed by atoms with Gasteiger partial charge in [0, 0.05) is 6.61 Å². The number of aryl methyl sites for hydroxylation is 3. The standard InChI is InChI=1S/C14H22O2/c1-11-9-12(2)14(13(3)10-11)16-8-6-4-5-7-15/h9-10,15H,4-8H2,1-3H3. The lowest BCUT2D eigenvalue weighted by molar-refractivity contribution is 0.265. The van der Waals surface area contributed by atoms with Crippen LogP contribution in [0.5, 0.6) is 5.75 Å². The maximum Gasteiger partial charge on any atom is 0.125 e. The molecule has 0 aliphatic carbocycles. The summed E-state index contributed by atoms with van der Waals surface area (Å²) >= 11 is 0. The van der Waals surface area contributed by atoms with Gasteiger partial charge in [-0.2, -0.15) is 0 Å². The fraction of sp³-hybridized carbons (Fsp3) is 0.571. The van der Waals surface area contributed by atoms with Crippen molar-refractivity contribution in [3.63, 3.8) is 0 Å².